The second-order valence-corrected chi connectivity index (χ2v) is 7.87. The van der Waals surface area contributed by atoms with Gasteiger partial charge in [0, 0.05) is 0 Å². The second kappa shape index (κ2) is 14.6. The molecule has 0 unspecified atom stereocenters. The van der Waals surface area contributed by atoms with E-state index in [-0.39, 0.29) is 6.61 Å². The summed E-state index contributed by atoms with van der Waals surface area (Å²) in [6, 6.07) is 16.7. The Bertz CT molecular complexity index is 648. The average Bonchev–Trinajstić information content (AvgIpc) is 2.66. The quantitative estimate of drug-likeness (QED) is 0.327. The third-order valence-corrected chi connectivity index (χ3v) is 4.85. The second-order valence-electron chi connectivity index (χ2n) is 6.78. The van der Waals surface area contributed by atoms with Gasteiger partial charge in [0.1, 0.15) is 0 Å². The van der Waals surface area contributed by atoms with Crippen LogP contribution in [0.1, 0.15) is 71.1 Å². The maximum Gasteiger partial charge on any atom is 0.397 e. The lowest BCUT2D eigenvalue weighted by atomic mass is 10.1. The molecule has 2 aromatic rings. The van der Waals surface area contributed by atoms with Gasteiger partial charge >= 0.3 is 10.4 Å². The van der Waals surface area contributed by atoms with Crippen molar-refractivity contribution in [3.8, 4) is 0 Å². The Labute approximate surface area is 164 Å². The molecule has 0 radical (unpaired) electrons. The molecule has 2 rings (SSSR count). The smallest absolute Gasteiger partial charge is 0.264 e. The van der Waals surface area contributed by atoms with Crippen molar-refractivity contribution >= 4 is 21.2 Å². The van der Waals surface area contributed by atoms with Gasteiger partial charge < -0.3 is 0 Å². The molecule has 0 amide bonds. The molecule has 0 atom stereocenters. The Kier molecular flexibility index (Phi) is 12.8. The Balaban J connectivity index is 0.000000303. The highest BCUT2D eigenvalue weighted by atomic mass is 32.3. The van der Waals surface area contributed by atoms with Gasteiger partial charge in [-0.2, -0.15) is 8.42 Å². The van der Waals surface area contributed by atoms with E-state index in [0.717, 1.165) is 12.8 Å². The molecule has 0 bridgehead atoms. The minimum Gasteiger partial charge on any atom is -0.264 e. The van der Waals surface area contributed by atoms with Crippen LogP contribution >= 0.6 is 0 Å². The standard InChI is InChI=1S/C12H26O4S.C10H8/c1-2-3-4-5-6-7-8-9-10-11-12-16-17(13,14)15;1-2-6-10-8-4-3-7-9(10)5-1/h2-12H2,1H3,(H,13,14,15);1-8H. The number of rotatable bonds is 12. The molecule has 2 aromatic carbocycles. The van der Waals surface area contributed by atoms with Crippen LogP contribution in [0.3, 0.4) is 0 Å². The zero-order valence-corrected chi connectivity index (χ0v) is 17.3. The highest BCUT2D eigenvalue weighted by molar-refractivity contribution is 7.80. The Morgan fingerprint density at radius 3 is 1.44 bits per heavy atom. The number of hydrogen-bond acceptors (Lipinski definition) is 3. The predicted molar refractivity (Wildman–Crippen MR) is 113 cm³/mol. The molecular formula is C22H34O4S. The van der Waals surface area contributed by atoms with E-state index in [1.165, 1.54) is 55.7 Å². The topological polar surface area (TPSA) is 63.6 Å². The van der Waals surface area contributed by atoms with Crippen LogP contribution in [0.4, 0.5) is 0 Å². The van der Waals surface area contributed by atoms with Crippen LogP contribution in [-0.4, -0.2) is 19.6 Å². The first-order valence-electron chi connectivity index (χ1n) is 10.1. The minimum absolute atomic E-state index is 0.0926. The largest absolute Gasteiger partial charge is 0.397 e. The lowest BCUT2D eigenvalue weighted by Gasteiger charge is -2.02. The summed E-state index contributed by atoms with van der Waals surface area (Å²) < 4.78 is 33.0. The molecule has 0 aliphatic carbocycles. The van der Waals surface area contributed by atoms with Gasteiger partial charge in [0.05, 0.1) is 6.61 Å². The van der Waals surface area contributed by atoms with Crippen molar-refractivity contribution in [2.24, 2.45) is 0 Å². The summed E-state index contributed by atoms with van der Waals surface area (Å²) in [5.41, 5.74) is 0. The SMILES string of the molecule is CCCCCCCCCCCCOS(=O)(=O)O.c1ccc2ccccc2c1. The Morgan fingerprint density at radius 1 is 0.704 bits per heavy atom. The maximum atomic E-state index is 10.2. The van der Waals surface area contributed by atoms with E-state index in [0.29, 0.717) is 6.42 Å². The summed E-state index contributed by atoms with van der Waals surface area (Å²) in [5, 5.41) is 2.62. The van der Waals surface area contributed by atoms with Crippen LogP contribution in [0, 0.1) is 0 Å². The fourth-order valence-corrected chi connectivity index (χ4v) is 3.22. The first-order chi connectivity index (χ1) is 13.0. The summed E-state index contributed by atoms with van der Waals surface area (Å²) in [6.45, 7) is 2.31. The van der Waals surface area contributed by atoms with E-state index in [4.69, 9.17) is 4.55 Å². The number of hydrogen-bond donors (Lipinski definition) is 1. The summed E-state index contributed by atoms with van der Waals surface area (Å²) in [4.78, 5) is 0. The number of benzene rings is 2. The van der Waals surface area contributed by atoms with Crippen molar-refractivity contribution in [3.63, 3.8) is 0 Å². The van der Waals surface area contributed by atoms with Crippen LogP contribution in [0.25, 0.3) is 10.8 Å². The highest BCUT2D eigenvalue weighted by Crippen LogP contribution is 2.11. The van der Waals surface area contributed by atoms with E-state index in [2.05, 4.69) is 59.6 Å². The van der Waals surface area contributed by atoms with E-state index in [1.54, 1.807) is 0 Å². The number of fused-ring (bicyclic) bond motifs is 1. The normalized spacial score (nSPS) is 11.2. The third-order valence-electron chi connectivity index (χ3n) is 4.39. The molecule has 1 N–H and O–H groups in total. The van der Waals surface area contributed by atoms with Crippen molar-refractivity contribution in [1.82, 2.24) is 0 Å². The van der Waals surface area contributed by atoms with Crippen LogP contribution in [0.15, 0.2) is 48.5 Å². The Hall–Kier alpha value is -1.43. The molecule has 0 fully saturated rings. The molecule has 0 aliphatic rings. The van der Waals surface area contributed by atoms with Gasteiger partial charge in [0.2, 0.25) is 0 Å². The molecule has 27 heavy (non-hydrogen) atoms. The molecule has 0 aliphatic heterocycles. The lowest BCUT2D eigenvalue weighted by Crippen LogP contribution is -2.04. The molecule has 4 nitrogen and oxygen atoms in total. The maximum absolute atomic E-state index is 10.2. The molecule has 0 aromatic heterocycles. The fourth-order valence-electron chi connectivity index (χ4n) is 2.89. The van der Waals surface area contributed by atoms with Crippen molar-refractivity contribution in [2.45, 2.75) is 71.1 Å². The van der Waals surface area contributed by atoms with Crippen LogP contribution in [0.5, 0.6) is 0 Å². The van der Waals surface area contributed by atoms with E-state index >= 15 is 0 Å². The monoisotopic (exact) mass is 394 g/mol. The zero-order valence-electron chi connectivity index (χ0n) is 16.5. The van der Waals surface area contributed by atoms with Gasteiger partial charge in [-0.3, -0.25) is 4.55 Å². The van der Waals surface area contributed by atoms with E-state index < -0.39 is 10.4 Å². The van der Waals surface area contributed by atoms with E-state index in [9.17, 15) is 8.42 Å². The van der Waals surface area contributed by atoms with E-state index in [1.807, 2.05) is 0 Å². The van der Waals surface area contributed by atoms with Gasteiger partial charge in [0.25, 0.3) is 0 Å². The van der Waals surface area contributed by atoms with Gasteiger partial charge in [0.15, 0.2) is 0 Å². The van der Waals surface area contributed by atoms with Crippen molar-refractivity contribution in [3.05, 3.63) is 48.5 Å². The van der Waals surface area contributed by atoms with Crippen molar-refractivity contribution in [1.29, 1.82) is 0 Å². The summed E-state index contributed by atoms with van der Waals surface area (Å²) in [5.74, 6) is 0. The minimum atomic E-state index is -4.23. The predicted octanol–water partition coefficient (Wildman–Crippen LogP) is 6.57. The summed E-state index contributed by atoms with van der Waals surface area (Å²) >= 11 is 0. The summed E-state index contributed by atoms with van der Waals surface area (Å²) in [6.07, 6.45) is 11.9. The lowest BCUT2D eigenvalue weighted by molar-refractivity contribution is 0.261. The van der Waals surface area contributed by atoms with Crippen LogP contribution < -0.4 is 0 Å². The molecule has 5 heteroatoms. The zero-order chi connectivity index (χ0) is 19.8. The average molecular weight is 395 g/mol. The third kappa shape index (κ3) is 13.4. The first kappa shape index (κ1) is 23.6. The number of unbranched alkanes of at least 4 members (excludes halogenated alkanes) is 9. The molecule has 0 saturated carbocycles. The van der Waals surface area contributed by atoms with Crippen molar-refractivity contribution in [2.75, 3.05) is 6.61 Å². The molecular weight excluding hydrogens is 360 g/mol. The van der Waals surface area contributed by atoms with Crippen molar-refractivity contribution < 1.29 is 17.2 Å². The van der Waals surface area contributed by atoms with Crippen LogP contribution in [0.2, 0.25) is 0 Å². The van der Waals surface area contributed by atoms with Gasteiger partial charge in [-0.1, -0.05) is 113 Å². The fraction of sp³-hybridized carbons (Fsp3) is 0.545. The molecule has 0 spiro atoms. The first-order valence-corrected chi connectivity index (χ1v) is 11.4. The molecule has 0 saturated heterocycles. The molecule has 152 valence electrons. The molecule has 0 heterocycles. The van der Waals surface area contributed by atoms with Crippen LogP contribution in [-0.2, 0) is 14.6 Å². The summed E-state index contributed by atoms with van der Waals surface area (Å²) in [7, 11) is -4.23. The van der Waals surface area contributed by atoms with Gasteiger partial charge in [-0.25, -0.2) is 4.18 Å². The highest BCUT2D eigenvalue weighted by Gasteiger charge is 2.02. The Morgan fingerprint density at radius 2 is 1.07 bits per heavy atom. The van der Waals surface area contributed by atoms with Gasteiger partial charge in [-0.15, -0.1) is 0 Å². The van der Waals surface area contributed by atoms with Gasteiger partial charge in [-0.05, 0) is 17.2 Å².